The molecule has 1 aromatic heterocycles. The van der Waals surface area contributed by atoms with Gasteiger partial charge in [-0.2, -0.15) is 0 Å². The Balaban J connectivity index is 1.79. The van der Waals surface area contributed by atoms with E-state index in [1.165, 1.54) is 19.4 Å². The fourth-order valence-electron chi connectivity index (χ4n) is 2.51. The maximum absolute atomic E-state index is 12.0. The molecule has 8 nitrogen and oxygen atoms in total. The molecule has 1 heterocycles. The number of rotatable bonds is 7. The Labute approximate surface area is 164 Å². The van der Waals surface area contributed by atoms with Crippen LogP contribution in [0.25, 0.3) is 0 Å². The van der Waals surface area contributed by atoms with Gasteiger partial charge in [0.1, 0.15) is 18.0 Å². The molecule has 0 saturated carbocycles. The van der Waals surface area contributed by atoms with E-state index in [4.69, 9.17) is 0 Å². The van der Waals surface area contributed by atoms with Crippen LogP contribution < -0.4 is 20.3 Å². The molecule has 0 radical (unpaired) electrons. The Morgan fingerprint density at radius 3 is 2.07 bits per heavy atom. The number of sulfonamides is 1. The Morgan fingerprint density at radius 2 is 1.46 bits per heavy atom. The van der Waals surface area contributed by atoms with Crippen LogP contribution in [0.2, 0.25) is 0 Å². The van der Waals surface area contributed by atoms with E-state index in [2.05, 4.69) is 25.3 Å². The first-order chi connectivity index (χ1) is 13.4. The van der Waals surface area contributed by atoms with Crippen molar-refractivity contribution < 1.29 is 8.42 Å². The molecule has 3 rings (SSSR count). The number of nitrogens with zero attached hydrogens (tertiary/aromatic N) is 3. The molecule has 0 unspecified atom stereocenters. The van der Waals surface area contributed by atoms with Crippen molar-refractivity contribution >= 4 is 38.7 Å². The summed E-state index contributed by atoms with van der Waals surface area (Å²) >= 11 is 0. The first-order valence-electron chi connectivity index (χ1n) is 8.54. The number of hydrogen-bond acceptors (Lipinski definition) is 7. The van der Waals surface area contributed by atoms with Gasteiger partial charge in [0.15, 0.2) is 0 Å². The van der Waals surface area contributed by atoms with Crippen LogP contribution in [-0.2, 0) is 10.0 Å². The molecule has 3 aromatic rings. The maximum atomic E-state index is 12.0. The van der Waals surface area contributed by atoms with Crippen molar-refractivity contribution in [2.45, 2.75) is 4.90 Å². The second kappa shape index (κ2) is 8.24. The third kappa shape index (κ3) is 4.76. The highest BCUT2D eigenvalue weighted by Gasteiger charge is 2.11. The van der Waals surface area contributed by atoms with Crippen molar-refractivity contribution in [3.8, 4) is 0 Å². The average molecular weight is 398 g/mol. The lowest BCUT2D eigenvalue weighted by Crippen LogP contribution is -2.18. The Hall–Kier alpha value is -3.17. The zero-order valence-corrected chi connectivity index (χ0v) is 16.7. The average Bonchev–Trinajstić information content (AvgIpc) is 2.68. The summed E-state index contributed by atoms with van der Waals surface area (Å²) < 4.78 is 26.2. The molecular weight excluding hydrogens is 376 g/mol. The minimum Gasteiger partial charge on any atom is -0.378 e. The van der Waals surface area contributed by atoms with E-state index < -0.39 is 10.0 Å². The SMILES string of the molecule is CNS(=O)(=O)c1cccc(Nc2cc(Nc3cccc(N(C)C)c3)ncn2)c1. The van der Waals surface area contributed by atoms with Gasteiger partial charge in [0.25, 0.3) is 0 Å². The molecule has 3 N–H and O–H groups in total. The Kier molecular flexibility index (Phi) is 5.76. The van der Waals surface area contributed by atoms with E-state index in [1.807, 2.05) is 43.3 Å². The summed E-state index contributed by atoms with van der Waals surface area (Å²) in [5, 5.41) is 6.35. The molecule has 0 bridgehead atoms. The van der Waals surface area contributed by atoms with Crippen LogP contribution in [-0.4, -0.2) is 39.5 Å². The van der Waals surface area contributed by atoms with Gasteiger partial charge < -0.3 is 15.5 Å². The minimum absolute atomic E-state index is 0.174. The van der Waals surface area contributed by atoms with Crippen LogP contribution in [0.5, 0.6) is 0 Å². The second-order valence-corrected chi connectivity index (χ2v) is 8.11. The van der Waals surface area contributed by atoms with Gasteiger partial charge in [0.05, 0.1) is 4.90 Å². The minimum atomic E-state index is -3.51. The van der Waals surface area contributed by atoms with E-state index >= 15 is 0 Å². The molecule has 0 saturated heterocycles. The lowest BCUT2D eigenvalue weighted by molar-refractivity contribution is 0.588. The molecule has 0 amide bonds. The Bertz CT molecular complexity index is 1070. The number of benzene rings is 2. The van der Waals surface area contributed by atoms with Gasteiger partial charge >= 0.3 is 0 Å². The van der Waals surface area contributed by atoms with Gasteiger partial charge in [-0.3, -0.25) is 0 Å². The second-order valence-electron chi connectivity index (χ2n) is 6.22. The molecule has 0 aliphatic rings. The van der Waals surface area contributed by atoms with Crippen molar-refractivity contribution in [1.29, 1.82) is 0 Å². The normalized spacial score (nSPS) is 11.1. The van der Waals surface area contributed by atoms with Gasteiger partial charge in [-0.15, -0.1) is 0 Å². The van der Waals surface area contributed by atoms with E-state index in [0.717, 1.165) is 11.4 Å². The first kappa shape index (κ1) is 19.6. The number of nitrogens with one attached hydrogen (secondary N) is 3. The van der Waals surface area contributed by atoms with E-state index in [1.54, 1.807) is 24.3 Å². The summed E-state index contributed by atoms with van der Waals surface area (Å²) in [6.07, 6.45) is 1.44. The highest BCUT2D eigenvalue weighted by atomic mass is 32.2. The largest absolute Gasteiger partial charge is 0.378 e. The van der Waals surface area contributed by atoms with Gasteiger partial charge in [0.2, 0.25) is 10.0 Å². The fourth-order valence-corrected chi connectivity index (χ4v) is 3.29. The van der Waals surface area contributed by atoms with Crippen LogP contribution in [0.1, 0.15) is 0 Å². The summed E-state index contributed by atoms with van der Waals surface area (Å²) in [5.74, 6) is 1.16. The molecule has 2 aromatic carbocycles. The number of aromatic nitrogens is 2. The highest BCUT2D eigenvalue weighted by Crippen LogP contribution is 2.23. The van der Waals surface area contributed by atoms with Gasteiger partial charge in [-0.25, -0.2) is 23.1 Å². The van der Waals surface area contributed by atoms with Crippen molar-refractivity contribution in [1.82, 2.24) is 14.7 Å². The zero-order chi connectivity index (χ0) is 20.1. The summed E-state index contributed by atoms with van der Waals surface area (Å²) in [4.78, 5) is 10.6. The number of anilines is 5. The van der Waals surface area contributed by atoms with E-state index in [9.17, 15) is 8.42 Å². The molecule has 0 aliphatic heterocycles. The summed E-state index contributed by atoms with van der Waals surface area (Å²) in [6, 6.07) is 16.2. The maximum Gasteiger partial charge on any atom is 0.240 e. The topological polar surface area (TPSA) is 99.2 Å². The van der Waals surface area contributed by atoms with Gasteiger partial charge in [-0.1, -0.05) is 12.1 Å². The molecule has 0 atom stereocenters. The molecule has 0 fully saturated rings. The number of hydrogen-bond donors (Lipinski definition) is 3. The van der Waals surface area contributed by atoms with Crippen LogP contribution in [0, 0.1) is 0 Å². The van der Waals surface area contributed by atoms with Crippen molar-refractivity contribution in [3.63, 3.8) is 0 Å². The molecule has 146 valence electrons. The van der Waals surface area contributed by atoms with Crippen molar-refractivity contribution in [2.75, 3.05) is 36.7 Å². The molecule has 28 heavy (non-hydrogen) atoms. The Morgan fingerprint density at radius 1 is 0.857 bits per heavy atom. The zero-order valence-electron chi connectivity index (χ0n) is 15.8. The van der Waals surface area contributed by atoms with E-state index in [-0.39, 0.29) is 4.90 Å². The van der Waals surface area contributed by atoms with Crippen molar-refractivity contribution in [2.24, 2.45) is 0 Å². The van der Waals surface area contributed by atoms with Crippen molar-refractivity contribution in [3.05, 3.63) is 60.9 Å². The van der Waals surface area contributed by atoms with Crippen LogP contribution in [0.15, 0.2) is 65.8 Å². The third-order valence-electron chi connectivity index (χ3n) is 3.99. The van der Waals surface area contributed by atoms with Crippen LogP contribution in [0.4, 0.5) is 28.7 Å². The molecule has 9 heteroatoms. The monoisotopic (exact) mass is 398 g/mol. The molecule has 0 spiro atoms. The van der Waals surface area contributed by atoms with Gasteiger partial charge in [0, 0.05) is 37.2 Å². The van der Waals surface area contributed by atoms with E-state index in [0.29, 0.717) is 17.3 Å². The third-order valence-corrected chi connectivity index (χ3v) is 5.40. The van der Waals surface area contributed by atoms with Gasteiger partial charge in [-0.05, 0) is 43.4 Å². The molecular formula is C19H22N6O2S. The summed E-state index contributed by atoms with van der Waals surface area (Å²) in [6.45, 7) is 0. The van der Waals surface area contributed by atoms with Crippen LogP contribution in [0.3, 0.4) is 0 Å². The lowest BCUT2D eigenvalue weighted by atomic mass is 10.2. The summed E-state index contributed by atoms with van der Waals surface area (Å²) in [5.41, 5.74) is 2.58. The van der Waals surface area contributed by atoms with Crippen LogP contribution >= 0.6 is 0 Å². The smallest absolute Gasteiger partial charge is 0.240 e. The molecule has 0 aliphatic carbocycles. The quantitative estimate of drug-likeness (QED) is 0.563. The standard InChI is InChI=1S/C19H22N6O2S/c1-20-28(26,27)17-9-5-7-15(11-17)24-19-12-18(21-13-22-19)23-14-6-4-8-16(10-14)25(2)3/h4-13,20H,1-3H3,(H2,21,22,23,24). The first-order valence-corrected chi connectivity index (χ1v) is 10.0. The highest BCUT2D eigenvalue weighted by molar-refractivity contribution is 7.89. The lowest BCUT2D eigenvalue weighted by Gasteiger charge is -2.14. The summed E-state index contributed by atoms with van der Waals surface area (Å²) in [7, 11) is 1.83. The fraction of sp³-hybridized carbons (Fsp3) is 0.158. The predicted octanol–water partition coefficient (Wildman–Crippen LogP) is 2.94. The predicted molar refractivity (Wildman–Crippen MR) is 112 cm³/mol.